The molecular formula is C21H28F4O. The van der Waals surface area contributed by atoms with E-state index in [1.807, 2.05) is 0 Å². The fraction of sp³-hybridized carbons (Fsp3) is 0.714. The van der Waals surface area contributed by atoms with Crippen LogP contribution in [0, 0.1) is 23.5 Å². The van der Waals surface area contributed by atoms with Crippen LogP contribution < -0.4 is 4.74 Å². The normalized spacial score (nSPS) is 34.4. The van der Waals surface area contributed by atoms with Crippen molar-refractivity contribution < 1.29 is 22.3 Å². The predicted octanol–water partition coefficient (Wildman–Crippen LogP) is 6.50. The fourth-order valence-corrected chi connectivity index (χ4v) is 4.99. The first-order chi connectivity index (χ1) is 12.4. The molecule has 0 aliphatic heterocycles. The van der Waals surface area contributed by atoms with Gasteiger partial charge in [-0.1, -0.05) is 25.8 Å². The minimum absolute atomic E-state index is 0.0674. The fourth-order valence-electron chi connectivity index (χ4n) is 4.99. The zero-order chi connectivity index (χ0) is 18.9. The number of fused-ring (bicyclic) bond motifs is 1. The quantitative estimate of drug-likeness (QED) is 0.536. The molecule has 0 bridgehead atoms. The van der Waals surface area contributed by atoms with Crippen LogP contribution in [0.15, 0.2) is 12.1 Å². The summed E-state index contributed by atoms with van der Waals surface area (Å²) in [6, 6.07) is 2.86. The van der Waals surface area contributed by atoms with E-state index in [0.29, 0.717) is 12.8 Å². The van der Waals surface area contributed by atoms with Crippen molar-refractivity contribution in [3.63, 3.8) is 0 Å². The van der Waals surface area contributed by atoms with Crippen LogP contribution in [0.1, 0.15) is 70.3 Å². The number of ether oxygens (including phenoxy) is 1. The Labute approximate surface area is 153 Å². The second kappa shape index (κ2) is 7.77. The number of hydrogen-bond acceptors (Lipinski definition) is 1. The summed E-state index contributed by atoms with van der Waals surface area (Å²) in [5, 5.41) is 0. The lowest BCUT2D eigenvalue weighted by atomic mass is 9.86. The van der Waals surface area contributed by atoms with Crippen molar-refractivity contribution in [2.75, 3.05) is 6.61 Å². The molecule has 5 unspecified atom stereocenters. The van der Waals surface area contributed by atoms with E-state index in [0.717, 1.165) is 19.3 Å². The van der Waals surface area contributed by atoms with Crippen molar-refractivity contribution in [1.82, 2.24) is 0 Å². The van der Waals surface area contributed by atoms with Gasteiger partial charge in [-0.15, -0.1) is 0 Å². The average Bonchev–Trinajstić information content (AvgIpc) is 2.90. The van der Waals surface area contributed by atoms with Crippen molar-refractivity contribution in [3.05, 3.63) is 29.3 Å². The summed E-state index contributed by atoms with van der Waals surface area (Å²) in [6.07, 6.45) is 2.37. The first kappa shape index (κ1) is 19.5. The van der Waals surface area contributed by atoms with Crippen molar-refractivity contribution in [3.8, 4) is 5.75 Å². The van der Waals surface area contributed by atoms with Crippen LogP contribution in [-0.4, -0.2) is 18.4 Å². The highest BCUT2D eigenvalue weighted by atomic mass is 19.2. The lowest BCUT2D eigenvalue weighted by molar-refractivity contribution is 0.0128. The van der Waals surface area contributed by atoms with Crippen LogP contribution in [0.25, 0.3) is 0 Å². The van der Waals surface area contributed by atoms with Crippen LogP contribution in [-0.2, 0) is 0 Å². The Kier molecular flexibility index (Phi) is 5.83. The van der Waals surface area contributed by atoms with E-state index in [1.165, 1.54) is 12.1 Å². The third kappa shape index (κ3) is 3.46. The summed E-state index contributed by atoms with van der Waals surface area (Å²) >= 11 is 0. The molecule has 2 aliphatic rings. The summed E-state index contributed by atoms with van der Waals surface area (Å²) in [5.41, 5.74) is -1.78. The number of halogens is 4. The standard InChI is InChI=1S/C21H28F4O/c1-3-5-13-6-7-15-11-14(12-21(15,25)18(22)10-13)16-8-9-17(26-4-2)20(24)19(16)23/h8-9,13-15,18H,3-7,10-12H2,1-2H3. The molecule has 0 aromatic heterocycles. The van der Waals surface area contributed by atoms with E-state index in [2.05, 4.69) is 6.92 Å². The number of benzene rings is 1. The molecule has 1 aromatic rings. The van der Waals surface area contributed by atoms with E-state index in [1.54, 1.807) is 6.92 Å². The van der Waals surface area contributed by atoms with Gasteiger partial charge in [-0.05, 0) is 68.4 Å². The highest BCUT2D eigenvalue weighted by Gasteiger charge is 2.55. The maximum atomic E-state index is 15.6. The van der Waals surface area contributed by atoms with Gasteiger partial charge in [0.15, 0.2) is 11.6 Å². The van der Waals surface area contributed by atoms with Gasteiger partial charge in [-0.25, -0.2) is 13.2 Å². The lowest BCUT2D eigenvalue weighted by Gasteiger charge is -2.28. The van der Waals surface area contributed by atoms with E-state index < -0.39 is 35.3 Å². The summed E-state index contributed by atoms with van der Waals surface area (Å²) in [4.78, 5) is 0. The zero-order valence-electron chi connectivity index (χ0n) is 15.5. The highest BCUT2D eigenvalue weighted by molar-refractivity contribution is 5.34. The van der Waals surface area contributed by atoms with Gasteiger partial charge in [0.25, 0.3) is 0 Å². The molecule has 0 N–H and O–H groups in total. The van der Waals surface area contributed by atoms with Crippen LogP contribution in [0.2, 0.25) is 0 Å². The Hall–Kier alpha value is -1.26. The van der Waals surface area contributed by atoms with E-state index in [-0.39, 0.29) is 36.7 Å². The van der Waals surface area contributed by atoms with E-state index >= 15 is 4.39 Å². The van der Waals surface area contributed by atoms with Gasteiger partial charge >= 0.3 is 0 Å². The molecule has 3 rings (SSSR count). The second-order valence-corrected chi connectivity index (χ2v) is 7.91. The molecule has 2 aliphatic carbocycles. The SMILES string of the molecule is CCCC1CCC2CC(c3ccc(OCC)c(F)c3F)CC2(F)C(F)C1. The summed E-state index contributed by atoms with van der Waals surface area (Å²) in [5.74, 6) is -2.84. The Bertz CT molecular complexity index is 635. The van der Waals surface area contributed by atoms with E-state index in [4.69, 9.17) is 4.74 Å². The third-order valence-electron chi connectivity index (χ3n) is 6.30. The average molecular weight is 372 g/mol. The zero-order valence-corrected chi connectivity index (χ0v) is 15.5. The highest BCUT2D eigenvalue weighted by Crippen LogP contribution is 2.55. The summed E-state index contributed by atoms with van der Waals surface area (Å²) < 4.78 is 64.2. The summed E-state index contributed by atoms with van der Waals surface area (Å²) in [7, 11) is 0. The van der Waals surface area contributed by atoms with Crippen LogP contribution in [0.3, 0.4) is 0 Å². The Morgan fingerprint density at radius 2 is 1.88 bits per heavy atom. The van der Waals surface area contributed by atoms with Crippen LogP contribution >= 0.6 is 0 Å². The van der Waals surface area contributed by atoms with Gasteiger partial charge in [0, 0.05) is 0 Å². The molecule has 2 fully saturated rings. The lowest BCUT2D eigenvalue weighted by Crippen LogP contribution is -2.37. The van der Waals surface area contributed by atoms with Crippen molar-refractivity contribution >= 4 is 0 Å². The Morgan fingerprint density at radius 1 is 1.12 bits per heavy atom. The molecule has 5 atom stereocenters. The number of hydrogen-bond donors (Lipinski definition) is 0. The molecule has 2 saturated carbocycles. The molecule has 1 nitrogen and oxygen atoms in total. The maximum Gasteiger partial charge on any atom is 0.200 e. The van der Waals surface area contributed by atoms with Crippen molar-refractivity contribution in [2.24, 2.45) is 11.8 Å². The molecule has 1 aromatic carbocycles. The number of rotatable bonds is 5. The van der Waals surface area contributed by atoms with Crippen LogP contribution in [0.4, 0.5) is 17.6 Å². The topological polar surface area (TPSA) is 9.23 Å². The van der Waals surface area contributed by atoms with Gasteiger partial charge in [-0.3, -0.25) is 0 Å². The molecule has 0 radical (unpaired) electrons. The van der Waals surface area contributed by atoms with E-state index in [9.17, 15) is 13.2 Å². The van der Waals surface area contributed by atoms with Gasteiger partial charge in [0.05, 0.1) is 6.61 Å². The molecule has 0 spiro atoms. The van der Waals surface area contributed by atoms with Gasteiger partial charge in [0.1, 0.15) is 11.8 Å². The van der Waals surface area contributed by atoms with Gasteiger partial charge in [0.2, 0.25) is 5.82 Å². The van der Waals surface area contributed by atoms with Crippen molar-refractivity contribution in [2.45, 2.75) is 76.6 Å². The second-order valence-electron chi connectivity index (χ2n) is 7.91. The first-order valence-electron chi connectivity index (χ1n) is 9.84. The molecule has 26 heavy (non-hydrogen) atoms. The molecule has 0 saturated heterocycles. The first-order valence-corrected chi connectivity index (χ1v) is 9.84. The molecule has 0 heterocycles. The molecular weight excluding hydrogens is 344 g/mol. The van der Waals surface area contributed by atoms with Crippen LogP contribution in [0.5, 0.6) is 5.75 Å². The maximum absolute atomic E-state index is 15.6. The summed E-state index contributed by atoms with van der Waals surface area (Å²) in [6.45, 7) is 3.98. The Morgan fingerprint density at radius 3 is 2.58 bits per heavy atom. The predicted molar refractivity (Wildman–Crippen MR) is 94.0 cm³/mol. The van der Waals surface area contributed by atoms with Gasteiger partial charge < -0.3 is 4.74 Å². The van der Waals surface area contributed by atoms with Gasteiger partial charge in [-0.2, -0.15) is 4.39 Å². The van der Waals surface area contributed by atoms with Crippen molar-refractivity contribution in [1.29, 1.82) is 0 Å². The molecule has 146 valence electrons. The monoisotopic (exact) mass is 372 g/mol. The molecule has 0 amide bonds. The molecule has 5 heteroatoms. The minimum atomic E-state index is -1.92. The Balaban J connectivity index is 1.81. The minimum Gasteiger partial charge on any atom is -0.491 e. The smallest absolute Gasteiger partial charge is 0.200 e. The third-order valence-corrected chi connectivity index (χ3v) is 6.30. The number of alkyl halides is 2. The largest absolute Gasteiger partial charge is 0.491 e.